The minimum atomic E-state index is -0.102. The van der Waals surface area contributed by atoms with Crippen LogP contribution in [0.4, 0.5) is 0 Å². The van der Waals surface area contributed by atoms with Crippen molar-refractivity contribution in [1.29, 1.82) is 0 Å². The summed E-state index contributed by atoms with van der Waals surface area (Å²) in [6.45, 7) is 0.0670. The summed E-state index contributed by atoms with van der Waals surface area (Å²) < 4.78 is 11.1. The molecule has 0 bridgehead atoms. The van der Waals surface area contributed by atoms with Gasteiger partial charge in [-0.2, -0.15) is 0 Å². The van der Waals surface area contributed by atoms with Crippen molar-refractivity contribution in [3.05, 3.63) is 23.8 Å². The lowest BCUT2D eigenvalue weighted by atomic mass is 10.0. The van der Waals surface area contributed by atoms with Crippen LogP contribution in [0.5, 0.6) is 11.5 Å². The second-order valence-electron chi connectivity index (χ2n) is 4.12. The highest BCUT2D eigenvalue weighted by Crippen LogP contribution is 2.34. The molecule has 0 radical (unpaired) electrons. The fraction of sp³-hybridized carbons (Fsp3) is 0.538. The average Bonchev–Trinajstić information content (AvgIpc) is 2.29. The van der Waals surface area contributed by atoms with E-state index in [1.54, 1.807) is 7.11 Å². The van der Waals surface area contributed by atoms with Crippen LogP contribution in [-0.2, 0) is 6.42 Å². The van der Waals surface area contributed by atoms with Gasteiger partial charge in [0.25, 0.3) is 0 Å². The normalized spacial score (nSPS) is 20.2. The van der Waals surface area contributed by atoms with Gasteiger partial charge in [-0.1, -0.05) is 12.1 Å². The molecule has 1 aliphatic heterocycles. The lowest BCUT2D eigenvalue weighted by Gasteiger charge is -2.23. The zero-order chi connectivity index (χ0) is 11.4. The first-order valence-corrected chi connectivity index (χ1v) is 5.78. The molecule has 1 atom stereocenters. The molecule has 0 saturated carbocycles. The fourth-order valence-electron chi connectivity index (χ4n) is 2.09. The molecule has 1 aromatic rings. The third-order valence-corrected chi connectivity index (χ3v) is 2.99. The summed E-state index contributed by atoms with van der Waals surface area (Å²) in [4.78, 5) is 0. The van der Waals surface area contributed by atoms with Crippen LogP contribution in [0.15, 0.2) is 18.2 Å². The Bertz CT molecular complexity index is 349. The van der Waals surface area contributed by atoms with Crippen molar-refractivity contribution in [1.82, 2.24) is 0 Å². The smallest absolute Gasteiger partial charge is 0.164 e. The van der Waals surface area contributed by atoms with E-state index in [0.29, 0.717) is 0 Å². The topological polar surface area (TPSA) is 38.7 Å². The van der Waals surface area contributed by atoms with Crippen LogP contribution in [0.1, 0.15) is 24.8 Å². The standard InChI is InChI=1S/C13H18O3/c1-15-12-8-4-6-10-5-2-3-7-11(9-14)16-13(10)12/h4,6,8,11,14H,2-3,5,7,9H2,1H3. The quantitative estimate of drug-likeness (QED) is 0.833. The lowest BCUT2D eigenvalue weighted by molar-refractivity contribution is 0.0993. The van der Waals surface area contributed by atoms with E-state index in [2.05, 4.69) is 6.07 Å². The van der Waals surface area contributed by atoms with E-state index < -0.39 is 0 Å². The van der Waals surface area contributed by atoms with Crippen molar-refractivity contribution in [2.75, 3.05) is 13.7 Å². The second-order valence-corrected chi connectivity index (χ2v) is 4.12. The van der Waals surface area contributed by atoms with E-state index in [1.165, 1.54) is 5.56 Å². The van der Waals surface area contributed by atoms with Crippen LogP contribution in [0, 0.1) is 0 Å². The summed E-state index contributed by atoms with van der Waals surface area (Å²) in [5.74, 6) is 1.57. The maximum absolute atomic E-state index is 9.23. The molecule has 0 spiro atoms. The van der Waals surface area contributed by atoms with Gasteiger partial charge in [-0.25, -0.2) is 0 Å². The molecule has 1 aromatic carbocycles. The number of aliphatic hydroxyl groups is 1. The van der Waals surface area contributed by atoms with Crippen LogP contribution in [0.25, 0.3) is 0 Å². The highest BCUT2D eigenvalue weighted by atomic mass is 16.5. The molecule has 2 rings (SSSR count). The van der Waals surface area contributed by atoms with E-state index in [-0.39, 0.29) is 12.7 Å². The predicted octanol–water partition coefficient (Wildman–Crippen LogP) is 2.16. The number of para-hydroxylation sites is 1. The van der Waals surface area contributed by atoms with E-state index >= 15 is 0 Å². The van der Waals surface area contributed by atoms with Gasteiger partial charge in [-0.05, 0) is 37.3 Å². The molecule has 0 fully saturated rings. The zero-order valence-corrected chi connectivity index (χ0v) is 9.61. The molecule has 1 heterocycles. The van der Waals surface area contributed by atoms with Crippen LogP contribution in [-0.4, -0.2) is 24.9 Å². The Morgan fingerprint density at radius 2 is 2.31 bits per heavy atom. The van der Waals surface area contributed by atoms with Gasteiger partial charge in [0, 0.05) is 0 Å². The van der Waals surface area contributed by atoms with E-state index in [9.17, 15) is 5.11 Å². The SMILES string of the molecule is COc1cccc2c1OC(CO)CCCC2. The van der Waals surface area contributed by atoms with Crippen molar-refractivity contribution in [3.8, 4) is 11.5 Å². The number of hydrogen-bond acceptors (Lipinski definition) is 3. The van der Waals surface area contributed by atoms with Gasteiger partial charge < -0.3 is 14.6 Å². The van der Waals surface area contributed by atoms with E-state index in [1.807, 2.05) is 12.1 Å². The summed E-state index contributed by atoms with van der Waals surface area (Å²) >= 11 is 0. The summed E-state index contributed by atoms with van der Waals surface area (Å²) in [6.07, 6.45) is 4.07. The van der Waals surface area contributed by atoms with Crippen molar-refractivity contribution >= 4 is 0 Å². The summed E-state index contributed by atoms with van der Waals surface area (Å²) in [7, 11) is 1.64. The molecule has 0 saturated heterocycles. The van der Waals surface area contributed by atoms with Crippen molar-refractivity contribution in [3.63, 3.8) is 0 Å². The third-order valence-electron chi connectivity index (χ3n) is 2.99. The molecule has 1 aliphatic rings. The number of hydrogen-bond donors (Lipinski definition) is 1. The second kappa shape index (κ2) is 5.21. The Morgan fingerprint density at radius 1 is 1.44 bits per heavy atom. The molecule has 3 nitrogen and oxygen atoms in total. The maximum atomic E-state index is 9.23. The Balaban J connectivity index is 2.32. The largest absolute Gasteiger partial charge is 0.493 e. The number of aryl methyl sites for hydroxylation is 1. The minimum Gasteiger partial charge on any atom is -0.493 e. The fourth-order valence-corrected chi connectivity index (χ4v) is 2.09. The number of ether oxygens (including phenoxy) is 2. The molecule has 88 valence electrons. The van der Waals surface area contributed by atoms with E-state index in [4.69, 9.17) is 9.47 Å². The van der Waals surface area contributed by atoms with Crippen LogP contribution >= 0.6 is 0 Å². The molecular weight excluding hydrogens is 204 g/mol. The number of methoxy groups -OCH3 is 1. The molecule has 1 N–H and O–H groups in total. The summed E-state index contributed by atoms with van der Waals surface area (Å²) in [5.41, 5.74) is 1.18. The monoisotopic (exact) mass is 222 g/mol. The summed E-state index contributed by atoms with van der Waals surface area (Å²) in [5, 5.41) is 9.23. The Hall–Kier alpha value is -1.22. The molecule has 16 heavy (non-hydrogen) atoms. The molecular formula is C13H18O3. The number of fused-ring (bicyclic) bond motifs is 1. The highest BCUT2D eigenvalue weighted by Gasteiger charge is 2.18. The molecule has 0 aliphatic carbocycles. The molecule has 0 aromatic heterocycles. The van der Waals surface area contributed by atoms with E-state index in [0.717, 1.165) is 37.2 Å². The third kappa shape index (κ3) is 2.30. The van der Waals surface area contributed by atoms with Crippen LogP contribution < -0.4 is 9.47 Å². The van der Waals surface area contributed by atoms with Gasteiger partial charge in [0.05, 0.1) is 13.7 Å². The van der Waals surface area contributed by atoms with Gasteiger partial charge in [0.2, 0.25) is 0 Å². The minimum absolute atomic E-state index is 0.0670. The Kier molecular flexibility index (Phi) is 3.67. The first kappa shape index (κ1) is 11.3. The first-order valence-electron chi connectivity index (χ1n) is 5.78. The number of rotatable bonds is 2. The molecule has 1 unspecified atom stereocenters. The van der Waals surface area contributed by atoms with Gasteiger partial charge in [-0.15, -0.1) is 0 Å². The Labute approximate surface area is 96.0 Å². The van der Waals surface area contributed by atoms with Crippen molar-refractivity contribution in [2.24, 2.45) is 0 Å². The number of benzene rings is 1. The predicted molar refractivity (Wildman–Crippen MR) is 62.1 cm³/mol. The Morgan fingerprint density at radius 3 is 3.06 bits per heavy atom. The highest BCUT2D eigenvalue weighted by molar-refractivity contribution is 5.47. The van der Waals surface area contributed by atoms with Crippen LogP contribution in [0.3, 0.4) is 0 Å². The summed E-state index contributed by atoms with van der Waals surface area (Å²) in [6, 6.07) is 5.95. The van der Waals surface area contributed by atoms with Gasteiger partial charge >= 0.3 is 0 Å². The van der Waals surface area contributed by atoms with Gasteiger partial charge in [0.1, 0.15) is 6.10 Å². The van der Waals surface area contributed by atoms with Gasteiger partial charge in [0.15, 0.2) is 11.5 Å². The molecule has 0 amide bonds. The maximum Gasteiger partial charge on any atom is 0.164 e. The van der Waals surface area contributed by atoms with Gasteiger partial charge in [-0.3, -0.25) is 0 Å². The van der Waals surface area contributed by atoms with Crippen molar-refractivity contribution < 1.29 is 14.6 Å². The number of aliphatic hydroxyl groups excluding tert-OH is 1. The average molecular weight is 222 g/mol. The lowest BCUT2D eigenvalue weighted by Crippen LogP contribution is -2.23. The van der Waals surface area contributed by atoms with Crippen molar-refractivity contribution in [2.45, 2.75) is 31.8 Å². The first-order chi connectivity index (χ1) is 7.85. The van der Waals surface area contributed by atoms with Crippen LogP contribution in [0.2, 0.25) is 0 Å². The zero-order valence-electron chi connectivity index (χ0n) is 9.61. The molecule has 3 heteroatoms.